The summed E-state index contributed by atoms with van der Waals surface area (Å²) >= 11 is 5.99. The monoisotopic (exact) mass is 604 g/mol. The van der Waals surface area contributed by atoms with E-state index < -0.39 is 53.5 Å². The highest BCUT2D eigenvalue weighted by atomic mass is 35.5. The fourth-order valence-electron chi connectivity index (χ4n) is 5.94. The van der Waals surface area contributed by atoms with Gasteiger partial charge in [-0.1, -0.05) is 44.7 Å². The Labute approximate surface area is 251 Å². The van der Waals surface area contributed by atoms with Crippen LogP contribution in [0.1, 0.15) is 72.1 Å². The first-order valence-corrected chi connectivity index (χ1v) is 15.1. The van der Waals surface area contributed by atoms with Gasteiger partial charge in [0.2, 0.25) is 23.6 Å². The number of halogens is 1. The van der Waals surface area contributed by atoms with Gasteiger partial charge >= 0.3 is 5.97 Å². The molecule has 0 unspecified atom stereocenters. The lowest BCUT2D eigenvalue weighted by Crippen LogP contribution is -2.60. The number of carbonyl (C=O) groups excluding carboxylic acids is 4. The van der Waals surface area contributed by atoms with Gasteiger partial charge in [-0.05, 0) is 61.8 Å². The molecule has 4 rings (SSSR count). The second-order valence-corrected chi connectivity index (χ2v) is 12.6. The quantitative estimate of drug-likeness (QED) is 0.303. The number of benzene rings is 1. The van der Waals surface area contributed by atoms with E-state index in [9.17, 15) is 29.1 Å². The normalized spacial score (nSPS) is 23.0. The molecule has 4 N–H and O–H groups in total. The molecule has 4 atom stereocenters. The molecule has 4 amide bonds. The summed E-state index contributed by atoms with van der Waals surface area (Å²) in [5.74, 6) is -2.75. The fraction of sp³-hybridized carbons (Fsp3) is 0.633. The zero-order chi connectivity index (χ0) is 30.6. The first-order valence-electron chi connectivity index (χ1n) is 14.8. The molecular weight excluding hydrogens is 564 g/mol. The summed E-state index contributed by atoms with van der Waals surface area (Å²) < 4.78 is 6.08. The van der Waals surface area contributed by atoms with Gasteiger partial charge in [0.25, 0.3) is 0 Å². The Bertz CT molecular complexity index is 1180. The van der Waals surface area contributed by atoms with Crippen molar-refractivity contribution in [3.05, 3.63) is 29.3 Å². The van der Waals surface area contributed by atoms with Crippen LogP contribution in [0.3, 0.4) is 0 Å². The summed E-state index contributed by atoms with van der Waals surface area (Å²) in [4.78, 5) is 66.2. The minimum Gasteiger partial charge on any atom is -0.488 e. The van der Waals surface area contributed by atoms with E-state index >= 15 is 0 Å². The van der Waals surface area contributed by atoms with E-state index in [2.05, 4.69) is 16.0 Å². The number of likely N-dealkylation sites (tertiary alicyclic amines) is 1. The van der Waals surface area contributed by atoms with Gasteiger partial charge < -0.3 is 30.7 Å². The molecule has 1 aliphatic heterocycles. The highest BCUT2D eigenvalue weighted by Crippen LogP contribution is 2.36. The number of hydrogen-bond donors (Lipinski definition) is 4. The molecule has 0 radical (unpaired) electrons. The lowest BCUT2D eigenvalue weighted by Gasteiger charge is -2.34. The third-order valence-electron chi connectivity index (χ3n) is 8.48. The van der Waals surface area contributed by atoms with E-state index in [0.717, 1.165) is 32.1 Å². The highest BCUT2D eigenvalue weighted by Gasteiger charge is 2.54. The molecule has 1 heterocycles. The zero-order valence-corrected chi connectivity index (χ0v) is 25.1. The van der Waals surface area contributed by atoms with Gasteiger partial charge in [-0.15, -0.1) is 0 Å². The molecule has 42 heavy (non-hydrogen) atoms. The van der Waals surface area contributed by atoms with Gasteiger partial charge in [-0.3, -0.25) is 19.2 Å². The molecule has 1 aromatic carbocycles. The van der Waals surface area contributed by atoms with Crippen LogP contribution < -0.4 is 20.7 Å². The molecule has 0 spiro atoms. The van der Waals surface area contributed by atoms with Crippen LogP contribution in [0.15, 0.2) is 24.3 Å². The van der Waals surface area contributed by atoms with Crippen molar-refractivity contribution in [1.29, 1.82) is 0 Å². The number of amides is 4. The highest BCUT2D eigenvalue weighted by molar-refractivity contribution is 6.30. The molecule has 12 heteroatoms. The third kappa shape index (κ3) is 7.53. The van der Waals surface area contributed by atoms with Gasteiger partial charge in [0.05, 0.1) is 6.54 Å². The molecule has 3 aliphatic rings. The standard InChI is InChI=1S/C30H41ClN4O7/c1-17(2)24(33-27(38)25(32-18(3)36)19-7-5-4-6-8-19)28(39)35-16-22(42-21-11-9-20(31)10-12-21)15-23(35)26(37)34-30(13-14-30)29(40)41/h9-12,17,19,22-25H,4-8,13-16H2,1-3H3,(H,32,36)(H,33,38)(H,34,37)(H,40,41)/t22-,23+,24+,25+/m1/s1. The van der Waals surface area contributed by atoms with Gasteiger partial charge in [-0.25, -0.2) is 4.79 Å². The topological polar surface area (TPSA) is 154 Å². The molecular formula is C30H41ClN4O7. The van der Waals surface area contributed by atoms with Crippen LogP contribution in [-0.4, -0.2) is 75.9 Å². The van der Waals surface area contributed by atoms with Crippen molar-refractivity contribution >= 4 is 41.2 Å². The largest absolute Gasteiger partial charge is 0.488 e. The summed E-state index contributed by atoms with van der Waals surface area (Å²) in [6.45, 7) is 5.03. The van der Waals surface area contributed by atoms with Crippen LogP contribution in [0.4, 0.5) is 0 Å². The van der Waals surface area contributed by atoms with Crippen LogP contribution in [0, 0.1) is 11.8 Å². The molecule has 1 saturated heterocycles. The van der Waals surface area contributed by atoms with Crippen LogP contribution in [0.5, 0.6) is 5.75 Å². The number of ether oxygens (including phenoxy) is 1. The lowest BCUT2D eigenvalue weighted by atomic mass is 9.83. The Hall–Kier alpha value is -3.34. The average molecular weight is 605 g/mol. The number of nitrogens with one attached hydrogen (secondary N) is 3. The Morgan fingerprint density at radius 3 is 2.21 bits per heavy atom. The van der Waals surface area contributed by atoms with Crippen molar-refractivity contribution in [3.8, 4) is 5.75 Å². The van der Waals surface area contributed by atoms with E-state index in [1.165, 1.54) is 11.8 Å². The molecule has 0 aromatic heterocycles. The second kappa shape index (κ2) is 13.3. The Kier molecular flexibility index (Phi) is 10.0. The summed E-state index contributed by atoms with van der Waals surface area (Å²) in [6.07, 6.45) is 4.86. The Balaban J connectivity index is 1.54. The third-order valence-corrected chi connectivity index (χ3v) is 8.73. The van der Waals surface area contributed by atoms with E-state index in [1.54, 1.807) is 38.1 Å². The molecule has 11 nitrogen and oxygen atoms in total. The minimum absolute atomic E-state index is 0.0289. The maximum atomic E-state index is 14.1. The number of aliphatic carboxylic acids is 1. The molecule has 2 saturated carbocycles. The van der Waals surface area contributed by atoms with Crippen molar-refractivity contribution < 1.29 is 33.8 Å². The first-order chi connectivity index (χ1) is 19.9. The van der Waals surface area contributed by atoms with Crippen LogP contribution in [-0.2, 0) is 24.0 Å². The SMILES string of the molecule is CC(=O)N[C@H](C(=O)N[C@H](C(=O)N1C[C@H](Oc2ccc(Cl)cc2)C[C@H]1C(=O)NC1(C(=O)O)CC1)C(C)C)C1CCCCC1. The summed E-state index contributed by atoms with van der Waals surface area (Å²) in [7, 11) is 0. The predicted octanol–water partition coefficient (Wildman–Crippen LogP) is 2.65. The van der Waals surface area contributed by atoms with E-state index in [4.69, 9.17) is 16.3 Å². The van der Waals surface area contributed by atoms with Crippen LogP contribution in [0.25, 0.3) is 0 Å². The minimum atomic E-state index is -1.32. The Morgan fingerprint density at radius 2 is 1.67 bits per heavy atom. The average Bonchev–Trinajstić information content (AvgIpc) is 3.61. The van der Waals surface area contributed by atoms with Crippen molar-refractivity contribution in [2.45, 2.75) is 102 Å². The molecule has 0 bridgehead atoms. The van der Waals surface area contributed by atoms with E-state index in [1.807, 2.05) is 0 Å². The van der Waals surface area contributed by atoms with E-state index in [-0.39, 0.29) is 30.7 Å². The summed E-state index contributed by atoms with van der Waals surface area (Å²) in [5.41, 5.74) is -1.32. The van der Waals surface area contributed by atoms with Gasteiger partial charge in [0, 0.05) is 18.4 Å². The number of nitrogens with zero attached hydrogens (tertiary/aromatic N) is 1. The van der Waals surface area contributed by atoms with Crippen LogP contribution in [0.2, 0.25) is 5.02 Å². The van der Waals surface area contributed by atoms with E-state index in [0.29, 0.717) is 23.6 Å². The second-order valence-electron chi connectivity index (χ2n) is 12.1. The number of carbonyl (C=O) groups is 5. The summed E-state index contributed by atoms with van der Waals surface area (Å²) in [5, 5.41) is 18.4. The maximum absolute atomic E-state index is 14.1. The van der Waals surface area contributed by atoms with Crippen LogP contribution >= 0.6 is 11.6 Å². The molecule has 1 aromatic rings. The smallest absolute Gasteiger partial charge is 0.329 e. The van der Waals surface area contributed by atoms with Gasteiger partial charge in [0.1, 0.15) is 35.5 Å². The first kappa shape index (κ1) is 31.6. The number of carboxylic acids is 1. The predicted molar refractivity (Wildman–Crippen MR) is 155 cm³/mol. The van der Waals surface area contributed by atoms with Crippen molar-refractivity contribution in [2.24, 2.45) is 11.8 Å². The van der Waals surface area contributed by atoms with Gasteiger partial charge in [0.15, 0.2) is 0 Å². The maximum Gasteiger partial charge on any atom is 0.329 e. The van der Waals surface area contributed by atoms with Crippen molar-refractivity contribution in [3.63, 3.8) is 0 Å². The lowest BCUT2D eigenvalue weighted by molar-refractivity contribution is -0.146. The Morgan fingerprint density at radius 1 is 1.02 bits per heavy atom. The number of rotatable bonds is 11. The van der Waals surface area contributed by atoms with Gasteiger partial charge in [-0.2, -0.15) is 0 Å². The van der Waals surface area contributed by atoms with Crippen molar-refractivity contribution in [2.75, 3.05) is 6.54 Å². The zero-order valence-electron chi connectivity index (χ0n) is 24.4. The van der Waals surface area contributed by atoms with Crippen molar-refractivity contribution in [1.82, 2.24) is 20.9 Å². The number of hydrogen-bond acceptors (Lipinski definition) is 6. The molecule has 3 fully saturated rings. The number of carboxylic acid groups (broad SMARTS) is 1. The molecule has 230 valence electrons. The molecule has 2 aliphatic carbocycles. The fourth-order valence-corrected chi connectivity index (χ4v) is 6.06. The summed E-state index contributed by atoms with van der Waals surface area (Å²) in [6, 6.07) is 3.99.